The third kappa shape index (κ3) is 2.99. The molecule has 0 saturated carbocycles. The summed E-state index contributed by atoms with van der Waals surface area (Å²) >= 11 is 1.69. The van der Waals surface area contributed by atoms with Crippen LogP contribution >= 0.6 is 11.3 Å². The van der Waals surface area contributed by atoms with Crippen LogP contribution in [0.15, 0.2) is 11.2 Å². The minimum Gasteiger partial charge on any atom is -0.370 e. The van der Waals surface area contributed by atoms with Gasteiger partial charge in [0, 0.05) is 25.2 Å². The van der Waals surface area contributed by atoms with Gasteiger partial charge in [-0.15, -0.1) is 11.3 Å². The summed E-state index contributed by atoms with van der Waals surface area (Å²) in [6.45, 7) is 2.70. The van der Waals surface area contributed by atoms with Crippen molar-refractivity contribution in [2.24, 2.45) is 10.7 Å². The van der Waals surface area contributed by atoms with Crippen molar-refractivity contribution in [3.05, 3.63) is 16.1 Å². The molecule has 2 N–H and O–H groups in total. The van der Waals surface area contributed by atoms with Gasteiger partial charge >= 0.3 is 0 Å². The predicted molar refractivity (Wildman–Crippen MR) is 60.5 cm³/mol. The molecule has 0 radical (unpaired) electrons. The van der Waals surface area contributed by atoms with Crippen LogP contribution in [-0.4, -0.2) is 29.9 Å². The zero-order valence-corrected chi connectivity index (χ0v) is 9.64. The summed E-state index contributed by atoms with van der Waals surface area (Å²) in [6.07, 6.45) is 2.94. The number of aliphatic imine (C=N–C) groups is 1. The lowest BCUT2D eigenvalue weighted by Gasteiger charge is -2.09. The Morgan fingerprint density at radius 1 is 1.64 bits per heavy atom. The molecule has 78 valence electrons. The first-order valence-corrected chi connectivity index (χ1v) is 5.36. The van der Waals surface area contributed by atoms with Crippen LogP contribution < -0.4 is 5.73 Å². The van der Waals surface area contributed by atoms with Crippen molar-refractivity contribution in [1.82, 2.24) is 9.88 Å². The fourth-order valence-electron chi connectivity index (χ4n) is 0.875. The molecule has 0 aromatic carbocycles. The van der Waals surface area contributed by atoms with Crippen LogP contribution in [0, 0.1) is 0 Å². The molecule has 1 rings (SSSR count). The van der Waals surface area contributed by atoms with Gasteiger partial charge in [-0.1, -0.05) is 6.92 Å². The first-order chi connectivity index (χ1) is 6.63. The van der Waals surface area contributed by atoms with Gasteiger partial charge < -0.3 is 10.6 Å². The lowest BCUT2D eigenvalue weighted by Crippen LogP contribution is -2.30. The van der Waals surface area contributed by atoms with E-state index in [1.807, 2.05) is 20.3 Å². The van der Waals surface area contributed by atoms with Crippen molar-refractivity contribution in [2.75, 3.05) is 14.1 Å². The summed E-state index contributed by atoms with van der Waals surface area (Å²) in [7, 11) is 3.75. The van der Waals surface area contributed by atoms with Crippen LogP contribution in [0.2, 0.25) is 0 Å². The zero-order valence-electron chi connectivity index (χ0n) is 8.82. The van der Waals surface area contributed by atoms with Crippen LogP contribution in [0.5, 0.6) is 0 Å². The number of hydrogen-bond acceptors (Lipinski definition) is 3. The van der Waals surface area contributed by atoms with E-state index < -0.39 is 0 Å². The molecule has 0 amide bonds. The molecule has 5 heteroatoms. The van der Waals surface area contributed by atoms with Crippen LogP contribution in [0.4, 0.5) is 0 Å². The fourth-order valence-corrected chi connectivity index (χ4v) is 1.66. The Morgan fingerprint density at radius 3 is 2.86 bits per heavy atom. The summed E-state index contributed by atoms with van der Waals surface area (Å²) < 4.78 is 0. The van der Waals surface area contributed by atoms with E-state index >= 15 is 0 Å². The fraction of sp³-hybridized carbons (Fsp3) is 0.556. The maximum atomic E-state index is 5.66. The zero-order chi connectivity index (χ0) is 10.6. The Bertz CT molecular complexity index is 316. The number of nitrogens with two attached hydrogens (primary N) is 1. The highest BCUT2D eigenvalue weighted by Crippen LogP contribution is 2.13. The molecule has 1 aromatic rings. The van der Waals surface area contributed by atoms with Gasteiger partial charge in [0.05, 0.1) is 6.54 Å². The summed E-state index contributed by atoms with van der Waals surface area (Å²) in [5, 5.41) is 1.02. The lowest BCUT2D eigenvalue weighted by molar-refractivity contribution is 0.609. The minimum atomic E-state index is 0.540. The topological polar surface area (TPSA) is 54.5 Å². The maximum Gasteiger partial charge on any atom is 0.191 e. The molecule has 0 spiro atoms. The second-order valence-corrected chi connectivity index (χ2v) is 4.34. The molecule has 0 aliphatic heterocycles. The normalized spacial score (nSPS) is 11.8. The van der Waals surface area contributed by atoms with Gasteiger partial charge in [-0.3, -0.25) is 0 Å². The lowest BCUT2D eigenvalue weighted by atomic mass is 10.4. The summed E-state index contributed by atoms with van der Waals surface area (Å²) in [5.74, 6) is 0.540. The molecule has 1 aromatic heterocycles. The Labute approximate surface area is 88.5 Å². The summed E-state index contributed by atoms with van der Waals surface area (Å²) in [5.41, 5.74) is 5.66. The molecule has 0 aliphatic rings. The molecule has 14 heavy (non-hydrogen) atoms. The number of guanidine groups is 1. The number of aromatic nitrogens is 1. The van der Waals surface area contributed by atoms with Crippen LogP contribution in [-0.2, 0) is 13.0 Å². The van der Waals surface area contributed by atoms with Gasteiger partial charge in [0.15, 0.2) is 5.96 Å². The van der Waals surface area contributed by atoms with Gasteiger partial charge in [-0.25, -0.2) is 9.98 Å². The number of hydrogen-bond donors (Lipinski definition) is 1. The van der Waals surface area contributed by atoms with E-state index in [9.17, 15) is 0 Å². The highest BCUT2D eigenvalue weighted by molar-refractivity contribution is 7.11. The standard InChI is InChI=1S/C9H16N4S/c1-4-7-5-11-8(14-7)6-12-9(10)13(2)3/h5H,4,6H2,1-3H3,(H2,10,12). The number of aryl methyl sites for hydroxylation is 1. The predicted octanol–water partition coefficient (Wildman–Crippen LogP) is 1.08. The third-order valence-electron chi connectivity index (χ3n) is 1.78. The van der Waals surface area contributed by atoms with Crippen molar-refractivity contribution < 1.29 is 0 Å². The maximum absolute atomic E-state index is 5.66. The van der Waals surface area contributed by atoms with Crippen molar-refractivity contribution in [1.29, 1.82) is 0 Å². The molecule has 0 saturated heterocycles. The molecule has 4 nitrogen and oxygen atoms in total. The smallest absolute Gasteiger partial charge is 0.191 e. The summed E-state index contributed by atoms with van der Waals surface area (Å²) in [4.78, 5) is 11.5. The molecule has 1 heterocycles. The molecule has 0 unspecified atom stereocenters. The molecular weight excluding hydrogens is 196 g/mol. The molecule has 0 aliphatic carbocycles. The van der Waals surface area contributed by atoms with Gasteiger partial charge in [0.25, 0.3) is 0 Å². The molecular formula is C9H16N4S. The molecule has 0 atom stereocenters. The van der Waals surface area contributed by atoms with E-state index in [1.165, 1.54) is 4.88 Å². The number of nitrogens with zero attached hydrogens (tertiary/aromatic N) is 3. The average molecular weight is 212 g/mol. The highest BCUT2D eigenvalue weighted by atomic mass is 32.1. The summed E-state index contributed by atoms with van der Waals surface area (Å²) in [6, 6.07) is 0. The second-order valence-electron chi connectivity index (χ2n) is 3.14. The van der Waals surface area contributed by atoms with E-state index in [0.29, 0.717) is 12.5 Å². The Balaban J connectivity index is 2.57. The largest absolute Gasteiger partial charge is 0.370 e. The van der Waals surface area contributed by atoms with Crippen LogP contribution in [0.1, 0.15) is 16.8 Å². The first-order valence-electron chi connectivity index (χ1n) is 4.54. The SMILES string of the molecule is CCc1cnc(CN=C(N)N(C)C)s1. The van der Waals surface area contributed by atoms with E-state index in [-0.39, 0.29) is 0 Å². The molecule has 0 bridgehead atoms. The molecule has 0 fully saturated rings. The van der Waals surface area contributed by atoms with Crippen molar-refractivity contribution in [2.45, 2.75) is 19.9 Å². The van der Waals surface area contributed by atoms with E-state index in [1.54, 1.807) is 16.2 Å². The van der Waals surface area contributed by atoms with Crippen molar-refractivity contribution >= 4 is 17.3 Å². The van der Waals surface area contributed by atoms with E-state index in [4.69, 9.17) is 5.73 Å². The van der Waals surface area contributed by atoms with Gasteiger partial charge in [-0.05, 0) is 6.42 Å². The highest BCUT2D eigenvalue weighted by Gasteiger charge is 2.00. The Kier molecular flexibility index (Phi) is 3.88. The Hall–Kier alpha value is -1.10. The number of thiazole rings is 1. The first kappa shape index (κ1) is 11.0. The van der Waals surface area contributed by atoms with Crippen LogP contribution in [0.25, 0.3) is 0 Å². The average Bonchev–Trinajstić information content (AvgIpc) is 2.61. The second kappa shape index (κ2) is 4.95. The van der Waals surface area contributed by atoms with Gasteiger partial charge in [-0.2, -0.15) is 0 Å². The van der Waals surface area contributed by atoms with Gasteiger partial charge in [0.1, 0.15) is 5.01 Å². The van der Waals surface area contributed by atoms with Gasteiger partial charge in [0.2, 0.25) is 0 Å². The van der Waals surface area contributed by atoms with E-state index in [0.717, 1.165) is 11.4 Å². The van der Waals surface area contributed by atoms with Crippen molar-refractivity contribution in [3.63, 3.8) is 0 Å². The van der Waals surface area contributed by atoms with Crippen molar-refractivity contribution in [3.8, 4) is 0 Å². The third-order valence-corrected chi connectivity index (χ3v) is 2.91. The monoisotopic (exact) mass is 212 g/mol. The quantitative estimate of drug-likeness (QED) is 0.602. The number of rotatable bonds is 3. The minimum absolute atomic E-state index is 0.540. The Morgan fingerprint density at radius 2 is 2.36 bits per heavy atom. The van der Waals surface area contributed by atoms with Crippen LogP contribution in [0.3, 0.4) is 0 Å². The van der Waals surface area contributed by atoms with E-state index in [2.05, 4.69) is 16.9 Å².